The summed E-state index contributed by atoms with van der Waals surface area (Å²) in [6, 6.07) is 10.5. The Balaban J connectivity index is 1.86. The first kappa shape index (κ1) is 15.0. The molecular formula is C19H20N4O. The van der Waals surface area contributed by atoms with E-state index in [0.717, 1.165) is 24.0 Å². The molecular weight excluding hydrogens is 300 g/mol. The van der Waals surface area contributed by atoms with Gasteiger partial charge in [-0.3, -0.25) is 0 Å². The van der Waals surface area contributed by atoms with Crippen LogP contribution in [0.15, 0.2) is 30.3 Å². The number of rotatable bonds is 2. The van der Waals surface area contributed by atoms with Crippen LogP contribution in [0.2, 0.25) is 0 Å². The lowest BCUT2D eigenvalue weighted by Crippen LogP contribution is -1.96. The van der Waals surface area contributed by atoms with Crippen LogP contribution in [0.25, 0.3) is 22.5 Å². The number of hydrogen-bond donors (Lipinski definition) is 1. The van der Waals surface area contributed by atoms with Gasteiger partial charge < -0.3 is 5.11 Å². The maximum atomic E-state index is 10.2. The third-order valence-corrected chi connectivity index (χ3v) is 4.81. The summed E-state index contributed by atoms with van der Waals surface area (Å²) < 4.78 is 0. The Hall–Kier alpha value is -2.53. The van der Waals surface area contributed by atoms with Gasteiger partial charge in [0.15, 0.2) is 0 Å². The predicted octanol–water partition coefficient (Wildman–Crippen LogP) is 3.14. The molecule has 0 saturated heterocycles. The zero-order valence-corrected chi connectivity index (χ0v) is 14.1. The summed E-state index contributed by atoms with van der Waals surface area (Å²) in [5.41, 5.74) is 8.19. The van der Waals surface area contributed by atoms with Gasteiger partial charge >= 0.3 is 0 Å². The highest BCUT2D eigenvalue weighted by Crippen LogP contribution is 2.40. The van der Waals surface area contributed by atoms with Crippen molar-refractivity contribution < 1.29 is 5.11 Å². The number of aromatic nitrogens is 4. The molecule has 1 aromatic heterocycles. The first-order valence-corrected chi connectivity index (χ1v) is 8.20. The molecule has 0 fully saturated rings. The second-order valence-electron chi connectivity index (χ2n) is 6.52. The van der Waals surface area contributed by atoms with Crippen LogP contribution in [0.5, 0.6) is 0 Å². The van der Waals surface area contributed by atoms with Gasteiger partial charge in [-0.1, -0.05) is 18.2 Å². The van der Waals surface area contributed by atoms with E-state index in [1.54, 1.807) is 7.05 Å². The molecule has 1 aliphatic carbocycles. The van der Waals surface area contributed by atoms with Gasteiger partial charge in [0.2, 0.25) is 5.82 Å². The number of fused-ring (bicyclic) bond motifs is 1. The second kappa shape index (κ2) is 5.53. The van der Waals surface area contributed by atoms with Crippen molar-refractivity contribution in [3.63, 3.8) is 0 Å². The Morgan fingerprint density at radius 2 is 1.92 bits per heavy atom. The van der Waals surface area contributed by atoms with Crippen LogP contribution in [0.4, 0.5) is 0 Å². The highest BCUT2D eigenvalue weighted by molar-refractivity contribution is 5.78. The number of aryl methyl sites for hydroxylation is 3. The fraction of sp³-hybridized carbons (Fsp3) is 0.316. The molecule has 3 aromatic rings. The van der Waals surface area contributed by atoms with Gasteiger partial charge in [-0.25, -0.2) is 0 Å². The normalized spacial score (nSPS) is 16.4. The van der Waals surface area contributed by atoms with E-state index in [4.69, 9.17) is 0 Å². The van der Waals surface area contributed by atoms with Crippen LogP contribution < -0.4 is 0 Å². The highest BCUT2D eigenvalue weighted by atomic mass is 16.3. The number of benzene rings is 2. The Labute approximate surface area is 141 Å². The van der Waals surface area contributed by atoms with Crippen molar-refractivity contribution in [1.82, 2.24) is 20.2 Å². The van der Waals surface area contributed by atoms with Gasteiger partial charge in [-0.15, -0.1) is 10.2 Å². The minimum absolute atomic E-state index is 0.330. The van der Waals surface area contributed by atoms with E-state index in [9.17, 15) is 5.11 Å². The van der Waals surface area contributed by atoms with E-state index in [-0.39, 0.29) is 6.10 Å². The molecule has 0 unspecified atom stereocenters. The molecule has 5 heteroatoms. The lowest BCUT2D eigenvalue weighted by atomic mass is 9.89. The van der Waals surface area contributed by atoms with Crippen molar-refractivity contribution in [1.29, 1.82) is 0 Å². The summed E-state index contributed by atoms with van der Waals surface area (Å²) in [6.07, 6.45) is 1.41. The Morgan fingerprint density at radius 3 is 2.58 bits per heavy atom. The van der Waals surface area contributed by atoms with Crippen LogP contribution in [-0.4, -0.2) is 25.3 Å². The molecule has 1 N–H and O–H groups in total. The van der Waals surface area contributed by atoms with Crippen LogP contribution in [0.3, 0.4) is 0 Å². The molecule has 0 radical (unpaired) electrons. The third kappa shape index (κ3) is 2.32. The van der Waals surface area contributed by atoms with Crippen molar-refractivity contribution in [3.8, 4) is 22.5 Å². The van der Waals surface area contributed by atoms with Crippen molar-refractivity contribution in [2.24, 2.45) is 7.05 Å². The van der Waals surface area contributed by atoms with Gasteiger partial charge in [0, 0.05) is 5.56 Å². The lowest BCUT2D eigenvalue weighted by molar-refractivity contribution is 0.180. The molecule has 1 atom stereocenters. The third-order valence-electron chi connectivity index (χ3n) is 4.81. The predicted molar refractivity (Wildman–Crippen MR) is 92.4 cm³/mol. The number of aliphatic hydroxyl groups excluding tert-OH is 1. The molecule has 24 heavy (non-hydrogen) atoms. The highest BCUT2D eigenvalue weighted by Gasteiger charge is 2.24. The molecule has 0 aliphatic heterocycles. The Kier molecular flexibility index (Phi) is 3.46. The van der Waals surface area contributed by atoms with Crippen molar-refractivity contribution in [2.75, 3.05) is 0 Å². The van der Waals surface area contributed by atoms with E-state index in [0.29, 0.717) is 5.82 Å². The summed E-state index contributed by atoms with van der Waals surface area (Å²) in [4.78, 5) is 1.47. The van der Waals surface area contributed by atoms with Crippen molar-refractivity contribution in [3.05, 3.63) is 52.6 Å². The van der Waals surface area contributed by atoms with Gasteiger partial charge in [-0.2, -0.15) is 4.80 Å². The SMILES string of the molecule is Cc1cc(-c2nnn(C)n2)cc(C)c1-c1cccc2c1CC[C@@H]2O. The fourth-order valence-corrected chi connectivity index (χ4v) is 3.78. The summed E-state index contributed by atoms with van der Waals surface area (Å²) in [5.74, 6) is 0.643. The molecule has 5 nitrogen and oxygen atoms in total. The summed E-state index contributed by atoms with van der Waals surface area (Å²) in [5, 5.41) is 22.5. The Morgan fingerprint density at radius 1 is 1.17 bits per heavy atom. The summed E-state index contributed by atoms with van der Waals surface area (Å²) in [7, 11) is 1.77. The number of aliphatic hydroxyl groups is 1. The molecule has 4 rings (SSSR count). The summed E-state index contributed by atoms with van der Waals surface area (Å²) in [6.45, 7) is 4.24. The largest absolute Gasteiger partial charge is 0.388 e. The average Bonchev–Trinajstić information content (AvgIpc) is 3.14. The second-order valence-corrected chi connectivity index (χ2v) is 6.52. The van der Waals surface area contributed by atoms with E-state index in [2.05, 4.69) is 47.5 Å². The van der Waals surface area contributed by atoms with Crippen LogP contribution >= 0.6 is 0 Å². The first-order chi connectivity index (χ1) is 11.5. The van der Waals surface area contributed by atoms with Crippen molar-refractivity contribution in [2.45, 2.75) is 32.8 Å². The van der Waals surface area contributed by atoms with E-state index < -0.39 is 0 Å². The summed E-state index contributed by atoms with van der Waals surface area (Å²) >= 11 is 0. The first-order valence-electron chi connectivity index (χ1n) is 8.20. The molecule has 0 saturated carbocycles. The average molecular weight is 320 g/mol. The van der Waals surface area contributed by atoms with Gasteiger partial charge in [0.1, 0.15) is 0 Å². The maximum Gasteiger partial charge on any atom is 0.204 e. The van der Waals surface area contributed by atoms with Gasteiger partial charge in [-0.05, 0) is 77.4 Å². The number of tetrazole rings is 1. The Bertz CT molecular complexity index is 906. The lowest BCUT2D eigenvalue weighted by Gasteiger charge is -2.16. The fourth-order valence-electron chi connectivity index (χ4n) is 3.78. The number of nitrogens with zero attached hydrogens (tertiary/aromatic N) is 4. The topological polar surface area (TPSA) is 63.8 Å². The number of hydrogen-bond acceptors (Lipinski definition) is 4. The smallest absolute Gasteiger partial charge is 0.204 e. The molecule has 0 amide bonds. The molecule has 1 aliphatic rings. The minimum Gasteiger partial charge on any atom is -0.388 e. The molecule has 0 spiro atoms. The van der Waals surface area contributed by atoms with Gasteiger partial charge in [0.05, 0.1) is 13.2 Å². The zero-order chi connectivity index (χ0) is 16.8. The monoisotopic (exact) mass is 320 g/mol. The minimum atomic E-state index is -0.330. The van der Waals surface area contributed by atoms with E-state index >= 15 is 0 Å². The molecule has 1 heterocycles. The zero-order valence-electron chi connectivity index (χ0n) is 14.1. The van der Waals surface area contributed by atoms with Crippen LogP contribution in [0.1, 0.15) is 34.8 Å². The molecule has 0 bridgehead atoms. The van der Waals surface area contributed by atoms with Crippen LogP contribution in [0, 0.1) is 13.8 Å². The van der Waals surface area contributed by atoms with E-state index in [1.165, 1.54) is 32.6 Å². The quantitative estimate of drug-likeness (QED) is 0.788. The van der Waals surface area contributed by atoms with Gasteiger partial charge in [0.25, 0.3) is 0 Å². The molecule has 122 valence electrons. The van der Waals surface area contributed by atoms with Crippen molar-refractivity contribution >= 4 is 0 Å². The van der Waals surface area contributed by atoms with Crippen LogP contribution in [-0.2, 0) is 13.5 Å². The molecule has 2 aromatic carbocycles. The van der Waals surface area contributed by atoms with E-state index in [1.807, 2.05) is 12.1 Å². The standard InChI is InChI=1S/C19H20N4O/c1-11-9-13(19-20-22-23(3)21-19)10-12(2)18(11)16-6-4-5-15-14(16)7-8-17(15)24/h4-6,9-10,17,24H,7-8H2,1-3H3/t17-/m0/s1. The maximum absolute atomic E-state index is 10.2.